The molecule has 1 fully saturated rings. The lowest BCUT2D eigenvalue weighted by atomic mass is 9.85. The summed E-state index contributed by atoms with van der Waals surface area (Å²) in [6.07, 6.45) is 7.12. The molecule has 4 heterocycles. The largest absolute Gasteiger partial charge is 0.368 e. The third-order valence-electron chi connectivity index (χ3n) is 6.21. The Balaban J connectivity index is 1.43. The van der Waals surface area contributed by atoms with Crippen molar-refractivity contribution in [3.8, 4) is 0 Å². The van der Waals surface area contributed by atoms with E-state index in [-0.39, 0.29) is 5.91 Å². The number of fused-ring (bicyclic) bond motifs is 1. The van der Waals surface area contributed by atoms with E-state index < -0.39 is 5.54 Å². The summed E-state index contributed by atoms with van der Waals surface area (Å²) in [4.78, 5) is 28.8. The average Bonchev–Trinajstić information content (AvgIpc) is 3.22. The van der Waals surface area contributed by atoms with Crippen molar-refractivity contribution >= 4 is 23.2 Å². The molecule has 1 amide bonds. The van der Waals surface area contributed by atoms with Crippen LogP contribution in [0.2, 0.25) is 0 Å². The molecule has 1 spiro atoms. The van der Waals surface area contributed by atoms with Crippen molar-refractivity contribution in [2.75, 3.05) is 23.7 Å². The summed E-state index contributed by atoms with van der Waals surface area (Å²) >= 11 is 0. The maximum absolute atomic E-state index is 13.2. The first-order valence-corrected chi connectivity index (χ1v) is 11.0. The Kier molecular flexibility index (Phi) is 5.34. The predicted octanol–water partition coefficient (Wildman–Crippen LogP) is 3.08. The predicted molar refractivity (Wildman–Crippen MR) is 125 cm³/mol. The van der Waals surface area contributed by atoms with Gasteiger partial charge in [-0.3, -0.25) is 9.79 Å². The van der Waals surface area contributed by atoms with Gasteiger partial charge in [-0.2, -0.15) is 0 Å². The number of hydrogen-bond acceptors (Lipinski definition) is 5. The van der Waals surface area contributed by atoms with Crippen LogP contribution in [0.15, 0.2) is 66.0 Å². The molecule has 3 aromatic rings. The molecule has 164 valence electrons. The summed E-state index contributed by atoms with van der Waals surface area (Å²) in [5.41, 5.74) is 1.61. The van der Waals surface area contributed by atoms with Gasteiger partial charge in [-0.1, -0.05) is 30.3 Å². The maximum Gasteiger partial charge on any atom is 0.242 e. The number of hydrogen-bond donors (Lipinski definition) is 2. The number of aromatic nitrogens is 3. The van der Waals surface area contributed by atoms with Gasteiger partial charge < -0.3 is 20.1 Å². The minimum absolute atomic E-state index is 0.0892. The van der Waals surface area contributed by atoms with Gasteiger partial charge in [0.2, 0.25) is 5.91 Å². The van der Waals surface area contributed by atoms with Gasteiger partial charge in [0.25, 0.3) is 0 Å². The van der Waals surface area contributed by atoms with E-state index in [1.54, 1.807) is 12.4 Å². The molecule has 0 radical (unpaired) electrons. The second kappa shape index (κ2) is 8.45. The van der Waals surface area contributed by atoms with Crippen LogP contribution in [0.3, 0.4) is 0 Å². The second-order valence-electron chi connectivity index (χ2n) is 8.40. The highest BCUT2D eigenvalue weighted by Gasteiger charge is 2.44. The maximum atomic E-state index is 13.2. The van der Waals surface area contributed by atoms with Crippen molar-refractivity contribution < 1.29 is 4.79 Å². The molecule has 2 aliphatic heterocycles. The van der Waals surface area contributed by atoms with E-state index in [1.165, 1.54) is 0 Å². The van der Waals surface area contributed by atoms with E-state index in [2.05, 4.69) is 32.7 Å². The van der Waals surface area contributed by atoms with Gasteiger partial charge in [-0.15, -0.1) is 0 Å². The highest BCUT2D eigenvalue weighted by molar-refractivity contribution is 6.09. The Morgan fingerprint density at radius 1 is 1.16 bits per heavy atom. The van der Waals surface area contributed by atoms with E-state index in [9.17, 15) is 4.79 Å². The standard InChI is InChI=1S/C24H27N7O/c1-18-25-12-14-30(18)16-21(32)31-13-6-10-24(17-31)23(27-15-19-7-3-2-4-8-19)28-22-20(29-24)9-5-11-26-22/h2-5,7-9,11-12,14,29H,6,10,13,15-17H2,1H3,(H,26,27,28)/t24-/m0/s1. The number of piperidine rings is 1. The lowest BCUT2D eigenvalue weighted by Gasteiger charge is -2.47. The van der Waals surface area contributed by atoms with E-state index in [0.717, 1.165) is 48.1 Å². The number of amides is 1. The first-order chi connectivity index (χ1) is 15.6. The molecule has 2 aliphatic rings. The summed E-state index contributed by atoms with van der Waals surface area (Å²) in [6.45, 7) is 4.06. The molecular weight excluding hydrogens is 402 g/mol. The number of likely N-dealkylation sites (tertiary alicyclic amines) is 1. The quantitative estimate of drug-likeness (QED) is 0.666. The number of aryl methyl sites for hydroxylation is 1. The number of nitrogens with zero attached hydrogens (tertiary/aromatic N) is 5. The molecule has 0 bridgehead atoms. The summed E-state index contributed by atoms with van der Waals surface area (Å²) in [7, 11) is 0. The summed E-state index contributed by atoms with van der Waals surface area (Å²) in [6, 6.07) is 14.1. The Morgan fingerprint density at radius 3 is 2.84 bits per heavy atom. The molecule has 8 heteroatoms. The number of carbonyl (C=O) groups excluding carboxylic acids is 1. The van der Waals surface area contributed by atoms with Crippen LogP contribution in [-0.2, 0) is 17.9 Å². The molecule has 1 saturated heterocycles. The molecule has 8 nitrogen and oxygen atoms in total. The number of aliphatic imine (C=N–C) groups is 1. The zero-order valence-corrected chi connectivity index (χ0v) is 18.2. The van der Waals surface area contributed by atoms with Crippen molar-refractivity contribution in [1.29, 1.82) is 0 Å². The topological polar surface area (TPSA) is 87.4 Å². The van der Waals surface area contributed by atoms with Gasteiger partial charge in [0, 0.05) is 25.1 Å². The third kappa shape index (κ3) is 3.95. The summed E-state index contributed by atoms with van der Waals surface area (Å²) in [5.74, 6) is 2.53. The van der Waals surface area contributed by atoms with Crippen LogP contribution < -0.4 is 10.6 Å². The SMILES string of the molecule is Cc1nccn1CC(=O)N1CCC[C@@]2(C1)Nc1cccnc1NC2=NCc1ccccc1. The lowest BCUT2D eigenvalue weighted by Crippen LogP contribution is -2.63. The van der Waals surface area contributed by atoms with Gasteiger partial charge >= 0.3 is 0 Å². The van der Waals surface area contributed by atoms with E-state index in [4.69, 9.17) is 4.99 Å². The second-order valence-corrected chi connectivity index (χ2v) is 8.40. The Bertz CT molecular complexity index is 1140. The number of amidine groups is 1. The number of rotatable bonds is 4. The lowest BCUT2D eigenvalue weighted by molar-refractivity contribution is -0.133. The van der Waals surface area contributed by atoms with Crippen molar-refractivity contribution in [3.63, 3.8) is 0 Å². The zero-order chi connectivity index (χ0) is 22.0. The number of nitrogens with one attached hydrogen (secondary N) is 2. The fourth-order valence-electron chi connectivity index (χ4n) is 4.48. The van der Waals surface area contributed by atoms with Crippen molar-refractivity contribution in [2.24, 2.45) is 4.99 Å². The molecule has 5 rings (SSSR count). The van der Waals surface area contributed by atoms with E-state index in [0.29, 0.717) is 19.6 Å². The minimum atomic E-state index is -0.470. The molecule has 0 aliphatic carbocycles. The Hall–Kier alpha value is -3.68. The van der Waals surface area contributed by atoms with Crippen LogP contribution in [0.4, 0.5) is 11.5 Å². The Labute approximate surface area is 187 Å². The van der Waals surface area contributed by atoms with Gasteiger partial charge in [0.15, 0.2) is 5.82 Å². The number of pyridine rings is 1. The normalized spacial score (nSPS) is 21.2. The summed E-state index contributed by atoms with van der Waals surface area (Å²) < 4.78 is 1.89. The van der Waals surface area contributed by atoms with Crippen molar-refractivity contribution in [2.45, 2.75) is 38.4 Å². The fourth-order valence-corrected chi connectivity index (χ4v) is 4.48. The van der Waals surface area contributed by atoms with Gasteiger partial charge in [0.05, 0.1) is 18.8 Å². The van der Waals surface area contributed by atoms with E-state index >= 15 is 0 Å². The molecule has 2 N–H and O–H groups in total. The fraction of sp³-hybridized carbons (Fsp3) is 0.333. The van der Waals surface area contributed by atoms with E-state index in [1.807, 2.05) is 52.9 Å². The minimum Gasteiger partial charge on any atom is -0.368 e. The molecule has 0 unspecified atom stereocenters. The van der Waals surface area contributed by atoms with Crippen molar-refractivity contribution in [3.05, 3.63) is 72.4 Å². The Morgan fingerprint density at radius 2 is 2.03 bits per heavy atom. The smallest absolute Gasteiger partial charge is 0.242 e. The molecule has 1 atom stereocenters. The molecule has 2 aromatic heterocycles. The van der Waals surface area contributed by atoms with Crippen LogP contribution in [0.1, 0.15) is 24.2 Å². The third-order valence-corrected chi connectivity index (χ3v) is 6.21. The highest BCUT2D eigenvalue weighted by Crippen LogP contribution is 2.35. The van der Waals surface area contributed by atoms with Crippen molar-refractivity contribution in [1.82, 2.24) is 19.4 Å². The number of imidazole rings is 1. The first kappa shape index (κ1) is 20.2. The molecular formula is C24H27N7O. The van der Waals surface area contributed by atoms with Crippen LogP contribution in [0, 0.1) is 6.92 Å². The molecule has 0 saturated carbocycles. The van der Waals surface area contributed by atoms with Crippen LogP contribution in [0.5, 0.6) is 0 Å². The zero-order valence-electron chi connectivity index (χ0n) is 18.2. The number of anilines is 2. The first-order valence-electron chi connectivity index (χ1n) is 11.0. The molecule has 1 aromatic carbocycles. The number of carbonyl (C=O) groups is 1. The van der Waals surface area contributed by atoms with Gasteiger partial charge in [-0.25, -0.2) is 9.97 Å². The monoisotopic (exact) mass is 429 g/mol. The van der Waals surface area contributed by atoms with Crippen LogP contribution in [0.25, 0.3) is 0 Å². The average molecular weight is 430 g/mol. The van der Waals surface area contributed by atoms with Crippen LogP contribution in [-0.4, -0.2) is 49.8 Å². The molecule has 32 heavy (non-hydrogen) atoms. The van der Waals surface area contributed by atoms with Crippen LogP contribution >= 0.6 is 0 Å². The van der Waals surface area contributed by atoms with Gasteiger partial charge in [-0.05, 0) is 37.5 Å². The number of benzene rings is 1. The highest BCUT2D eigenvalue weighted by atomic mass is 16.2. The summed E-state index contributed by atoms with van der Waals surface area (Å²) in [5, 5.41) is 7.15. The van der Waals surface area contributed by atoms with Gasteiger partial charge in [0.1, 0.15) is 23.7 Å².